The first kappa shape index (κ1) is 24.9. The number of nitrogens with one attached hydrogen (secondary N) is 2. The third kappa shape index (κ3) is 5.07. The quantitative estimate of drug-likeness (QED) is 0.476. The lowest BCUT2D eigenvalue weighted by Gasteiger charge is -2.41. The molecule has 13 heteroatoms. The Morgan fingerprint density at radius 3 is 2.46 bits per heavy atom. The Labute approximate surface area is 209 Å². The SMILES string of the molecule is CC(C)(Oc1ccc(F)cc1C(F)(F)F)C(=O)NC1CC2CCC(C1)N2c1ccc(-c2nnn[nH]2)nc1. The number of hydrogen-bond donors (Lipinski definition) is 2. The molecule has 5 rings (SSSR count). The van der Waals surface area contributed by atoms with E-state index in [1.807, 2.05) is 12.1 Å². The lowest BCUT2D eigenvalue weighted by Crippen LogP contribution is -2.55. The smallest absolute Gasteiger partial charge is 0.420 e. The first-order valence-electron chi connectivity index (χ1n) is 11.9. The maximum absolute atomic E-state index is 13.4. The van der Waals surface area contributed by atoms with Gasteiger partial charge in [0.2, 0.25) is 0 Å². The van der Waals surface area contributed by atoms with E-state index >= 15 is 0 Å². The van der Waals surface area contributed by atoms with Crippen LogP contribution in [0.1, 0.15) is 45.1 Å². The van der Waals surface area contributed by atoms with Crippen molar-refractivity contribution in [2.45, 2.75) is 69.4 Å². The number of halogens is 4. The van der Waals surface area contributed by atoms with E-state index in [-0.39, 0.29) is 18.1 Å². The predicted molar refractivity (Wildman–Crippen MR) is 124 cm³/mol. The third-order valence-corrected chi connectivity index (χ3v) is 6.86. The van der Waals surface area contributed by atoms with Crippen molar-refractivity contribution >= 4 is 11.6 Å². The zero-order valence-corrected chi connectivity index (χ0v) is 20.1. The molecule has 4 heterocycles. The van der Waals surface area contributed by atoms with E-state index in [1.54, 1.807) is 6.20 Å². The van der Waals surface area contributed by atoms with Crippen LogP contribution in [0.5, 0.6) is 5.75 Å². The molecule has 0 spiro atoms. The van der Waals surface area contributed by atoms with Gasteiger partial charge in [0.25, 0.3) is 5.91 Å². The molecule has 0 radical (unpaired) electrons. The van der Waals surface area contributed by atoms with E-state index in [2.05, 4.69) is 35.8 Å². The van der Waals surface area contributed by atoms with Crippen molar-refractivity contribution in [3.05, 3.63) is 47.9 Å². The zero-order chi connectivity index (χ0) is 26.4. The minimum Gasteiger partial charge on any atom is -0.477 e. The maximum atomic E-state index is 13.4. The summed E-state index contributed by atoms with van der Waals surface area (Å²) in [4.78, 5) is 19.8. The van der Waals surface area contributed by atoms with Crippen LogP contribution in [0.2, 0.25) is 0 Å². The number of piperidine rings is 1. The minimum absolute atomic E-state index is 0.160. The monoisotopic (exact) mass is 519 g/mol. The van der Waals surface area contributed by atoms with E-state index in [0.29, 0.717) is 30.4 Å². The van der Waals surface area contributed by atoms with Crippen LogP contribution in [0.3, 0.4) is 0 Å². The second-order valence-electron chi connectivity index (χ2n) is 9.84. The van der Waals surface area contributed by atoms with Gasteiger partial charge in [0.15, 0.2) is 11.4 Å². The number of rotatable bonds is 6. The second-order valence-corrected chi connectivity index (χ2v) is 9.84. The van der Waals surface area contributed by atoms with E-state index in [0.717, 1.165) is 30.7 Å². The number of nitrogens with zero attached hydrogens (tertiary/aromatic N) is 5. The van der Waals surface area contributed by atoms with Gasteiger partial charge in [0, 0.05) is 18.1 Å². The fourth-order valence-electron chi connectivity index (χ4n) is 5.16. The van der Waals surface area contributed by atoms with E-state index in [9.17, 15) is 22.4 Å². The third-order valence-electron chi connectivity index (χ3n) is 6.86. The number of H-pyrrole nitrogens is 1. The van der Waals surface area contributed by atoms with Crippen LogP contribution < -0.4 is 15.0 Å². The number of anilines is 1. The van der Waals surface area contributed by atoms with Gasteiger partial charge in [-0.2, -0.15) is 13.2 Å². The van der Waals surface area contributed by atoms with Gasteiger partial charge in [0.05, 0.1) is 11.9 Å². The van der Waals surface area contributed by atoms with Gasteiger partial charge in [-0.15, -0.1) is 5.10 Å². The molecule has 0 aliphatic carbocycles. The highest BCUT2D eigenvalue weighted by Gasteiger charge is 2.43. The van der Waals surface area contributed by atoms with Gasteiger partial charge in [-0.3, -0.25) is 9.78 Å². The van der Waals surface area contributed by atoms with Gasteiger partial charge in [-0.25, -0.2) is 9.49 Å². The van der Waals surface area contributed by atoms with E-state index in [1.165, 1.54) is 13.8 Å². The average Bonchev–Trinajstić information content (AvgIpc) is 3.46. The molecule has 2 fully saturated rings. The molecule has 2 aliphatic rings. The van der Waals surface area contributed by atoms with Crippen molar-refractivity contribution in [1.82, 2.24) is 30.9 Å². The van der Waals surface area contributed by atoms with Gasteiger partial charge in [0.1, 0.15) is 22.8 Å². The summed E-state index contributed by atoms with van der Waals surface area (Å²) >= 11 is 0. The molecule has 2 N–H and O–H groups in total. The molecule has 9 nitrogen and oxygen atoms in total. The molecule has 2 aliphatic heterocycles. The molecule has 0 saturated carbocycles. The molecule has 2 unspecified atom stereocenters. The minimum atomic E-state index is -4.82. The molecular weight excluding hydrogens is 494 g/mol. The summed E-state index contributed by atoms with van der Waals surface area (Å²) in [6.07, 6.45) is 0.214. The number of pyridine rings is 1. The summed E-state index contributed by atoms with van der Waals surface area (Å²) in [5.41, 5.74) is -1.28. The normalized spacial score (nSPS) is 21.7. The van der Waals surface area contributed by atoms with Gasteiger partial charge >= 0.3 is 6.18 Å². The Morgan fingerprint density at radius 2 is 1.86 bits per heavy atom. The topological polar surface area (TPSA) is 109 Å². The van der Waals surface area contributed by atoms with Crippen molar-refractivity contribution < 1.29 is 27.1 Å². The largest absolute Gasteiger partial charge is 0.477 e. The summed E-state index contributed by atoms with van der Waals surface area (Å²) in [5.74, 6) is -1.69. The lowest BCUT2D eigenvalue weighted by molar-refractivity contribution is -0.144. The van der Waals surface area contributed by atoms with Crippen molar-refractivity contribution in [3.63, 3.8) is 0 Å². The molecular formula is C24H25F4N7O2. The number of amides is 1. The Kier molecular flexibility index (Phi) is 6.24. The van der Waals surface area contributed by atoms with Gasteiger partial charge in [-0.1, -0.05) is 0 Å². The Hall–Kier alpha value is -3.77. The number of aromatic amines is 1. The number of carbonyl (C=O) groups excluding carboxylic acids is 1. The fraction of sp³-hybridized carbons (Fsp3) is 0.458. The van der Waals surface area contributed by atoms with Crippen LogP contribution in [0, 0.1) is 5.82 Å². The molecule has 3 aromatic rings. The van der Waals surface area contributed by atoms with Crippen molar-refractivity contribution in [2.75, 3.05) is 4.90 Å². The molecule has 37 heavy (non-hydrogen) atoms. The molecule has 1 amide bonds. The summed E-state index contributed by atoms with van der Waals surface area (Å²) in [6, 6.07) is 6.14. The lowest BCUT2D eigenvalue weighted by atomic mass is 9.95. The fourth-order valence-corrected chi connectivity index (χ4v) is 5.16. The summed E-state index contributed by atoms with van der Waals surface area (Å²) in [7, 11) is 0. The molecule has 1 aromatic carbocycles. The van der Waals surface area contributed by atoms with Crippen molar-refractivity contribution in [2.24, 2.45) is 0 Å². The average molecular weight is 520 g/mol. The Morgan fingerprint density at radius 1 is 1.14 bits per heavy atom. The number of carbonyl (C=O) groups is 1. The number of alkyl halides is 3. The highest BCUT2D eigenvalue weighted by atomic mass is 19.4. The summed E-state index contributed by atoms with van der Waals surface area (Å²) in [5, 5.41) is 16.6. The maximum Gasteiger partial charge on any atom is 0.420 e. The van der Waals surface area contributed by atoms with Crippen LogP contribution in [0.25, 0.3) is 11.5 Å². The number of tetrazole rings is 1. The number of fused-ring (bicyclic) bond motifs is 2. The highest BCUT2D eigenvalue weighted by Crippen LogP contribution is 2.40. The van der Waals surface area contributed by atoms with Crippen LogP contribution in [0.15, 0.2) is 36.5 Å². The summed E-state index contributed by atoms with van der Waals surface area (Å²) < 4.78 is 59.1. The Balaban J connectivity index is 1.24. The van der Waals surface area contributed by atoms with Crippen molar-refractivity contribution in [1.29, 1.82) is 0 Å². The van der Waals surface area contributed by atoms with Gasteiger partial charge < -0.3 is 15.0 Å². The number of ether oxygens (including phenoxy) is 1. The highest BCUT2D eigenvalue weighted by molar-refractivity contribution is 5.85. The Bertz CT molecular complexity index is 1250. The second kappa shape index (κ2) is 9.27. The first-order chi connectivity index (χ1) is 17.5. The molecule has 2 saturated heterocycles. The molecule has 196 valence electrons. The summed E-state index contributed by atoms with van der Waals surface area (Å²) in [6.45, 7) is 2.79. The number of aromatic nitrogens is 5. The van der Waals surface area contributed by atoms with Crippen molar-refractivity contribution in [3.8, 4) is 17.3 Å². The first-order valence-corrected chi connectivity index (χ1v) is 11.9. The van der Waals surface area contributed by atoms with Crippen LogP contribution in [0.4, 0.5) is 23.2 Å². The van der Waals surface area contributed by atoms with E-state index in [4.69, 9.17) is 4.74 Å². The molecule has 2 aromatic heterocycles. The zero-order valence-electron chi connectivity index (χ0n) is 20.1. The number of benzene rings is 1. The van der Waals surface area contributed by atoms with Crippen LogP contribution in [-0.4, -0.2) is 55.2 Å². The molecule has 2 bridgehead atoms. The van der Waals surface area contributed by atoms with Gasteiger partial charge in [-0.05, 0) is 80.3 Å². The standard InChI is InChI=1S/C24H25F4N7O2/c1-23(2,37-20-8-3-13(25)9-18(20)24(26,27)28)22(36)30-14-10-15-4-5-16(11-14)35(15)17-6-7-19(29-12-17)21-31-33-34-32-21/h3,6-9,12,14-16H,4-5,10-11H2,1-2H3,(H,30,36)(H,31,32,33,34). The van der Waals surface area contributed by atoms with E-state index < -0.39 is 34.8 Å². The van der Waals surface area contributed by atoms with Crippen LogP contribution in [-0.2, 0) is 11.0 Å². The number of hydrogen-bond acceptors (Lipinski definition) is 7. The molecule has 2 atom stereocenters. The van der Waals surface area contributed by atoms with Crippen LogP contribution >= 0.6 is 0 Å². The predicted octanol–water partition coefficient (Wildman–Crippen LogP) is 3.89.